The van der Waals surface area contributed by atoms with Crippen molar-refractivity contribution in [3.63, 3.8) is 0 Å². The molecule has 2 N–H and O–H groups in total. The van der Waals surface area contributed by atoms with Crippen LogP contribution in [0.5, 0.6) is 0 Å². The molecular formula is C23H25N5O4S2. The number of amides is 2. The van der Waals surface area contributed by atoms with Crippen LogP contribution >= 0.6 is 11.3 Å². The van der Waals surface area contributed by atoms with Gasteiger partial charge in [0.1, 0.15) is 9.90 Å². The Hall–Kier alpha value is -3.15. The molecule has 0 spiro atoms. The van der Waals surface area contributed by atoms with E-state index in [1.54, 1.807) is 30.3 Å². The number of benzene rings is 2. The number of carbonyl (C=O) groups is 2. The Balaban J connectivity index is 1.43. The van der Waals surface area contributed by atoms with Crippen LogP contribution in [-0.2, 0) is 14.8 Å². The average Bonchev–Trinajstić information content (AvgIpc) is 3.31. The first-order chi connectivity index (χ1) is 16.2. The maximum Gasteiger partial charge on any atom is 0.286 e. The lowest BCUT2D eigenvalue weighted by molar-refractivity contribution is -0.114. The summed E-state index contributed by atoms with van der Waals surface area (Å²) in [6.07, 6.45) is 1.13. The molecule has 0 unspecified atom stereocenters. The molecule has 0 aliphatic carbocycles. The van der Waals surface area contributed by atoms with Crippen LogP contribution in [0.4, 0.5) is 11.4 Å². The third-order valence-electron chi connectivity index (χ3n) is 5.54. The molecule has 0 bridgehead atoms. The van der Waals surface area contributed by atoms with Gasteiger partial charge >= 0.3 is 0 Å². The van der Waals surface area contributed by atoms with Crippen molar-refractivity contribution in [1.82, 2.24) is 14.5 Å². The second-order valence-electron chi connectivity index (χ2n) is 8.12. The van der Waals surface area contributed by atoms with Gasteiger partial charge in [-0.15, -0.1) is 10.2 Å². The second-order valence-corrected chi connectivity index (χ2v) is 11.0. The Morgan fingerprint density at radius 3 is 2.41 bits per heavy atom. The standard InChI is InChI=1S/C23H25N5O4S2/c1-15-8-9-19(24-16(2)29)20(14-15)34(31,32)28-12-10-17(11-13-28)22-26-27-23(33-22)21(30)25-18-6-4-3-5-7-18/h3-9,14,17H,10-13H2,1-2H3,(H,24,29)(H,25,30). The fraction of sp³-hybridized carbons (Fsp3) is 0.304. The topological polar surface area (TPSA) is 121 Å². The van der Waals surface area contributed by atoms with Crippen LogP contribution in [0.15, 0.2) is 53.4 Å². The lowest BCUT2D eigenvalue weighted by atomic mass is 9.99. The van der Waals surface area contributed by atoms with E-state index in [2.05, 4.69) is 20.8 Å². The molecule has 1 aromatic heterocycles. The number of sulfonamides is 1. The van der Waals surface area contributed by atoms with Gasteiger partial charge < -0.3 is 10.6 Å². The molecule has 1 aliphatic heterocycles. The first-order valence-electron chi connectivity index (χ1n) is 10.8. The second kappa shape index (κ2) is 10.00. The molecular weight excluding hydrogens is 474 g/mol. The molecule has 178 valence electrons. The summed E-state index contributed by atoms with van der Waals surface area (Å²) in [6, 6.07) is 14.1. The normalized spacial score (nSPS) is 15.1. The fourth-order valence-corrected chi connectivity index (χ4v) is 6.42. The molecule has 4 rings (SSSR count). The molecule has 9 nitrogen and oxygen atoms in total. The Labute approximate surface area is 202 Å². The van der Waals surface area contributed by atoms with E-state index < -0.39 is 10.0 Å². The molecule has 2 amide bonds. The summed E-state index contributed by atoms with van der Waals surface area (Å²) >= 11 is 1.23. The van der Waals surface area contributed by atoms with Crippen LogP contribution in [0.1, 0.15) is 46.1 Å². The molecule has 1 saturated heterocycles. The largest absolute Gasteiger partial charge is 0.325 e. The molecule has 0 atom stereocenters. The van der Waals surface area contributed by atoms with Gasteiger partial charge in [0, 0.05) is 31.6 Å². The molecule has 2 heterocycles. The number of piperidine rings is 1. The third kappa shape index (κ3) is 5.32. The first kappa shape index (κ1) is 24.0. The summed E-state index contributed by atoms with van der Waals surface area (Å²) in [4.78, 5) is 24.1. The number of anilines is 2. The molecule has 0 radical (unpaired) electrons. The van der Waals surface area contributed by atoms with E-state index in [1.807, 2.05) is 25.1 Å². The Morgan fingerprint density at radius 2 is 1.74 bits per heavy atom. The Kier molecular flexibility index (Phi) is 7.05. The van der Waals surface area contributed by atoms with Crippen molar-refractivity contribution in [2.24, 2.45) is 0 Å². The van der Waals surface area contributed by atoms with Gasteiger partial charge in [-0.25, -0.2) is 8.42 Å². The lowest BCUT2D eigenvalue weighted by Gasteiger charge is -2.30. The highest BCUT2D eigenvalue weighted by Gasteiger charge is 2.33. The van der Waals surface area contributed by atoms with Crippen molar-refractivity contribution in [2.45, 2.75) is 37.5 Å². The van der Waals surface area contributed by atoms with Crippen molar-refractivity contribution in [3.05, 3.63) is 64.1 Å². The van der Waals surface area contributed by atoms with Crippen LogP contribution in [0.25, 0.3) is 0 Å². The molecule has 11 heteroatoms. The monoisotopic (exact) mass is 499 g/mol. The summed E-state index contributed by atoms with van der Waals surface area (Å²) in [7, 11) is -3.79. The van der Waals surface area contributed by atoms with Crippen LogP contribution in [0.3, 0.4) is 0 Å². The van der Waals surface area contributed by atoms with E-state index >= 15 is 0 Å². The quantitative estimate of drug-likeness (QED) is 0.534. The molecule has 2 aromatic carbocycles. The SMILES string of the molecule is CC(=O)Nc1ccc(C)cc1S(=O)(=O)N1CCC(c2nnc(C(=O)Nc3ccccc3)s2)CC1. The molecule has 1 aliphatic rings. The van der Waals surface area contributed by atoms with Gasteiger partial charge in [-0.3, -0.25) is 9.59 Å². The number of nitrogens with zero attached hydrogens (tertiary/aromatic N) is 3. The minimum Gasteiger partial charge on any atom is -0.325 e. The summed E-state index contributed by atoms with van der Waals surface area (Å²) in [5.41, 5.74) is 1.74. The molecule has 0 saturated carbocycles. The van der Waals surface area contributed by atoms with Crippen molar-refractivity contribution in [3.8, 4) is 0 Å². The highest BCUT2D eigenvalue weighted by atomic mass is 32.2. The van der Waals surface area contributed by atoms with E-state index in [1.165, 1.54) is 22.6 Å². The van der Waals surface area contributed by atoms with Gasteiger partial charge in [-0.1, -0.05) is 35.6 Å². The predicted octanol–water partition coefficient (Wildman–Crippen LogP) is 3.63. The van der Waals surface area contributed by atoms with Crippen molar-refractivity contribution in [1.29, 1.82) is 0 Å². The van der Waals surface area contributed by atoms with Crippen LogP contribution in [-0.4, -0.2) is 47.8 Å². The average molecular weight is 500 g/mol. The van der Waals surface area contributed by atoms with E-state index in [-0.39, 0.29) is 33.3 Å². The molecule has 34 heavy (non-hydrogen) atoms. The van der Waals surface area contributed by atoms with Gasteiger partial charge in [-0.05, 0) is 49.6 Å². The van der Waals surface area contributed by atoms with Crippen LogP contribution < -0.4 is 10.6 Å². The van der Waals surface area contributed by atoms with Crippen molar-refractivity contribution >= 4 is 44.5 Å². The number of hydrogen-bond donors (Lipinski definition) is 2. The Bertz CT molecular complexity index is 1300. The number of aryl methyl sites for hydroxylation is 1. The summed E-state index contributed by atoms with van der Waals surface area (Å²) in [6.45, 7) is 3.78. The highest BCUT2D eigenvalue weighted by Crippen LogP contribution is 2.34. The van der Waals surface area contributed by atoms with Gasteiger partial charge in [-0.2, -0.15) is 4.31 Å². The van der Waals surface area contributed by atoms with E-state index in [0.29, 0.717) is 31.6 Å². The van der Waals surface area contributed by atoms with Gasteiger partial charge in [0.2, 0.25) is 20.9 Å². The summed E-state index contributed by atoms with van der Waals surface area (Å²) in [5, 5.41) is 14.6. The molecule has 3 aromatic rings. The first-order valence-corrected chi connectivity index (χ1v) is 13.1. The third-order valence-corrected chi connectivity index (χ3v) is 8.56. The molecule has 1 fully saturated rings. The number of rotatable bonds is 6. The van der Waals surface area contributed by atoms with Crippen LogP contribution in [0.2, 0.25) is 0 Å². The summed E-state index contributed by atoms with van der Waals surface area (Å²) in [5.74, 6) is -0.628. The zero-order chi connectivity index (χ0) is 24.3. The van der Waals surface area contributed by atoms with Crippen molar-refractivity contribution < 1.29 is 18.0 Å². The minimum absolute atomic E-state index is 0.0227. The van der Waals surface area contributed by atoms with E-state index in [4.69, 9.17) is 0 Å². The smallest absolute Gasteiger partial charge is 0.286 e. The number of aromatic nitrogens is 2. The maximum absolute atomic E-state index is 13.3. The van der Waals surface area contributed by atoms with E-state index in [0.717, 1.165) is 10.6 Å². The zero-order valence-corrected chi connectivity index (χ0v) is 20.4. The number of nitrogens with one attached hydrogen (secondary N) is 2. The minimum atomic E-state index is -3.79. The highest BCUT2D eigenvalue weighted by molar-refractivity contribution is 7.89. The van der Waals surface area contributed by atoms with Crippen LogP contribution in [0, 0.1) is 6.92 Å². The van der Waals surface area contributed by atoms with Gasteiger partial charge in [0.15, 0.2) is 0 Å². The number of para-hydroxylation sites is 1. The van der Waals surface area contributed by atoms with E-state index in [9.17, 15) is 18.0 Å². The lowest BCUT2D eigenvalue weighted by Crippen LogP contribution is -2.38. The predicted molar refractivity (Wildman–Crippen MR) is 131 cm³/mol. The van der Waals surface area contributed by atoms with Gasteiger partial charge in [0.05, 0.1) is 5.69 Å². The zero-order valence-electron chi connectivity index (χ0n) is 18.8. The number of hydrogen-bond acceptors (Lipinski definition) is 7. The summed E-state index contributed by atoms with van der Waals surface area (Å²) < 4.78 is 28.1. The van der Waals surface area contributed by atoms with Crippen molar-refractivity contribution in [2.75, 3.05) is 23.7 Å². The maximum atomic E-state index is 13.3. The number of carbonyl (C=O) groups excluding carboxylic acids is 2. The van der Waals surface area contributed by atoms with Gasteiger partial charge in [0.25, 0.3) is 5.91 Å². The fourth-order valence-electron chi connectivity index (χ4n) is 3.82. The Morgan fingerprint density at radius 1 is 1.03 bits per heavy atom.